The molecule has 0 saturated heterocycles. The number of sulfonamides is 1. The van der Waals surface area contributed by atoms with Gasteiger partial charge >= 0.3 is 0 Å². The SMILES string of the molecule is Cc1ncc(S(=O)(=O)NCc2cccc(/C(N)=N/O)c2)s1. The predicted molar refractivity (Wildman–Crippen MR) is 79.8 cm³/mol. The Kier molecular flexibility index (Phi) is 4.56. The molecule has 1 aromatic heterocycles. The smallest absolute Gasteiger partial charge is 0.251 e. The Morgan fingerprint density at radius 1 is 1.52 bits per heavy atom. The first-order valence-electron chi connectivity index (χ1n) is 5.91. The molecule has 0 aliphatic heterocycles. The number of hydrogen-bond donors (Lipinski definition) is 3. The van der Waals surface area contributed by atoms with Gasteiger partial charge in [0.25, 0.3) is 10.0 Å². The molecule has 0 atom stereocenters. The zero-order valence-corrected chi connectivity index (χ0v) is 12.8. The Hall–Kier alpha value is -1.97. The van der Waals surface area contributed by atoms with Crippen LogP contribution in [0.1, 0.15) is 16.1 Å². The number of amidine groups is 1. The first kappa shape index (κ1) is 15.4. The summed E-state index contributed by atoms with van der Waals surface area (Å²) in [5, 5.41) is 12.2. The summed E-state index contributed by atoms with van der Waals surface area (Å²) in [6.45, 7) is 1.84. The van der Waals surface area contributed by atoms with Crippen molar-refractivity contribution >= 4 is 27.2 Å². The fourth-order valence-electron chi connectivity index (χ4n) is 1.61. The summed E-state index contributed by atoms with van der Waals surface area (Å²) in [6, 6.07) is 6.76. The van der Waals surface area contributed by atoms with Crippen LogP contribution in [0, 0.1) is 6.92 Å². The molecular weight excluding hydrogens is 312 g/mol. The molecule has 112 valence electrons. The molecule has 0 saturated carbocycles. The van der Waals surface area contributed by atoms with Crippen molar-refractivity contribution in [1.29, 1.82) is 0 Å². The van der Waals surface area contributed by atoms with Crippen molar-refractivity contribution in [3.05, 3.63) is 46.6 Å². The van der Waals surface area contributed by atoms with Crippen molar-refractivity contribution in [3.63, 3.8) is 0 Å². The second kappa shape index (κ2) is 6.20. The van der Waals surface area contributed by atoms with Gasteiger partial charge in [0.1, 0.15) is 0 Å². The molecule has 4 N–H and O–H groups in total. The lowest BCUT2D eigenvalue weighted by atomic mass is 10.1. The fourth-order valence-corrected chi connectivity index (χ4v) is 3.78. The second-order valence-corrected chi connectivity index (χ2v) is 7.44. The van der Waals surface area contributed by atoms with Crippen molar-refractivity contribution in [3.8, 4) is 0 Å². The maximum Gasteiger partial charge on any atom is 0.251 e. The summed E-state index contributed by atoms with van der Waals surface area (Å²) in [4.78, 5) is 3.93. The summed E-state index contributed by atoms with van der Waals surface area (Å²) in [5.41, 5.74) is 6.71. The van der Waals surface area contributed by atoms with Gasteiger partial charge in [-0.3, -0.25) is 0 Å². The average Bonchev–Trinajstić information content (AvgIpc) is 2.92. The van der Waals surface area contributed by atoms with Crippen LogP contribution in [0.2, 0.25) is 0 Å². The van der Waals surface area contributed by atoms with Gasteiger partial charge < -0.3 is 10.9 Å². The van der Waals surface area contributed by atoms with Crippen molar-refractivity contribution in [2.75, 3.05) is 0 Å². The van der Waals surface area contributed by atoms with Gasteiger partial charge in [0, 0.05) is 12.1 Å². The number of thiazole rings is 1. The minimum Gasteiger partial charge on any atom is -0.409 e. The summed E-state index contributed by atoms with van der Waals surface area (Å²) < 4.78 is 26.8. The van der Waals surface area contributed by atoms with E-state index in [0.717, 1.165) is 11.3 Å². The Morgan fingerprint density at radius 3 is 2.90 bits per heavy atom. The molecule has 21 heavy (non-hydrogen) atoms. The molecule has 1 aromatic carbocycles. The number of oxime groups is 1. The molecule has 0 spiro atoms. The maximum atomic E-state index is 12.1. The van der Waals surface area contributed by atoms with Crippen molar-refractivity contribution < 1.29 is 13.6 Å². The van der Waals surface area contributed by atoms with Crippen LogP contribution in [0.4, 0.5) is 0 Å². The molecule has 1 heterocycles. The molecule has 2 aromatic rings. The van der Waals surface area contributed by atoms with Crippen molar-refractivity contribution in [1.82, 2.24) is 9.71 Å². The monoisotopic (exact) mass is 326 g/mol. The van der Waals surface area contributed by atoms with Crippen LogP contribution < -0.4 is 10.5 Å². The normalized spacial score (nSPS) is 12.5. The van der Waals surface area contributed by atoms with E-state index in [-0.39, 0.29) is 16.6 Å². The van der Waals surface area contributed by atoms with Crippen LogP contribution in [-0.2, 0) is 16.6 Å². The number of nitrogens with two attached hydrogens (primary N) is 1. The lowest BCUT2D eigenvalue weighted by molar-refractivity contribution is 0.318. The molecule has 7 nitrogen and oxygen atoms in total. The Labute approximate surface area is 126 Å². The van der Waals surface area contributed by atoms with Gasteiger partial charge in [-0.2, -0.15) is 0 Å². The van der Waals surface area contributed by atoms with Gasteiger partial charge in [-0.25, -0.2) is 18.1 Å². The summed E-state index contributed by atoms with van der Waals surface area (Å²) in [5.74, 6) is -0.0298. The van der Waals surface area contributed by atoms with Gasteiger partial charge in [-0.1, -0.05) is 23.4 Å². The Morgan fingerprint density at radius 2 is 2.29 bits per heavy atom. The lowest BCUT2D eigenvalue weighted by Gasteiger charge is -2.06. The topological polar surface area (TPSA) is 118 Å². The van der Waals surface area contributed by atoms with E-state index in [1.165, 1.54) is 6.20 Å². The van der Waals surface area contributed by atoms with Gasteiger partial charge in [0.05, 0.1) is 11.2 Å². The number of nitrogens with zero attached hydrogens (tertiary/aromatic N) is 2. The molecular formula is C12H14N4O3S2. The molecule has 0 aliphatic carbocycles. The Bertz CT molecular complexity index is 768. The van der Waals surface area contributed by atoms with Gasteiger partial charge in [0.2, 0.25) is 0 Å². The second-order valence-electron chi connectivity index (χ2n) is 4.21. The summed E-state index contributed by atoms with van der Waals surface area (Å²) in [6.07, 6.45) is 1.33. The Balaban J connectivity index is 2.13. The van der Waals surface area contributed by atoms with Gasteiger partial charge in [0.15, 0.2) is 10.0 Å². The molecule has 0 aliphatic rings. The van der Waals surface area contributed by atoms with Crippen LogP contribution in [0.3, 0.4) is 0 Å². The van der Waals surface area contributed by atoms with Gasteiger partial charge in [-0.05, 0) is 18.6 Å². The van der Waals surface area contributed by atoms with E-state index < -0.39 is 10.0 Å². The van der Waals surface area contributed by atoms with Crippen molar-refractivity contribution in [2.24, 2.45) is 10.9 Å². The number of benzene rings is 1. The number of hydrogen-bond acceptors (Lipinski definition) is 6. The molecule has 9 heteroatoms. The third-order valence-electron chi connectivity index (χ3n) is 2.66. The summed E-state index contributed by atoms with van der Waals surface area (Å²) in [7, 11) is -3.58. The van der Waals surface area contributed by atoms with Crippen LogP contribution in [0.25, 0.3) is 0 Å². The van der Waals surface area contributed by atoms with Gasteiger partial charge in [-0.15, -0.1) is 11.3 Å². The third-order valence-corrected chi connectivity index (χ3v) is 5.44. The molecule has 0 fully saturated rings. The minimum absolute atomic E-state index is 0.0298. The number of nitrogens with one attached hydrogen (secondary N) is 1. The molecule has 2 rings (SSSR count). The third kappa shape index (κ3) is 3.78. The number of aryl methyl sites for hydroxylation is 1. The zero-order chi connectivity index (χ0) is 15.5. The first-order valence-corrected chi connectivity index (χ1v) is 8.21. The van der Waals surface area contributed by atoms with Crippen LogP contribution in [0.5, 0.6) is 0 Å². The summed E-state index contributed by atoms with van der Waals surface area (Å²) >= 11 is 1.11. The fraction of sp³-hybridized carbons (Fsp3) is 0.167. The molecule has 0 bridgehead atoms. The lowest BCUT2D eigenvalue weighted by Crippen LogP contribution is -2.22. The largest absolute Gasteiger partial charge is 0.409 e. The van der Waals surface area contributed by atoms with E-state index in [4.69, 9.17) is 10.9 Å². The van der Waals surface area contributed by atoms with E-state index in [1.54, 1.807) is 31.2 Å². The highest BCUT2D eigenvalue weighted by molar-refractivity contribution is 7.91. The number of aromatic nitrogens is 1. The highest BCUT2D eigenvalue weighted by Crippen LogP contribution is 2.18. The van der Waals surface area contributed by atoms with Crippen LogP contribution >= 0.6 is 11.3 Å². The van der Waals surface area contributed by atoms with E-state index in [1.807, 2.05) is 0 Å². The van der Waals surface area contributed by atoms with Crippen molar-refractivity contribution in [2.45, 2.75) is 17.7 Å². The van der Waals surface area contributed by atoms with Crippen LogP contribution in [-0.4, -0.2) is 24.4 Å². The van der Waals surface area contributed by atoms with E-state index in [9.17, 15) is 8.42 Å². The van der Waals surface area contributed by atoms with E-state index in [0.29, 0.717) is 16.1 Å². The quantitative estimate of drug-likeness (QED) is 0.328. The van der Waals surface area contributed by atoms with E-state index in [2.05, 4.69) is 14.9 Å². The number of rotatable bonds is 5. The minimum atomic E-state index is -3.58. The highest BCUT2D eigenvalue weighted by Gasteiger charge is 2.16. The predicted octanol–water partition coefficient (Wildman–Crippen LogP) is 1.02. The molecule has 0 unspecified atom stereocenters. The average molecular weight is 326 g/mol. The maximum absolute atomic E-state index is 12.1. The zero-order valence-electron chi connectivity index (χ0n) is 11.1. The van der Waals surface area contributed by atoms with E-state index >= 15 is 0 Å². The van der Waals surface area contributed by atoms with Crippen LogP contribution in [0.15, 0.2) is 39.8 Å². The molecule has 0 radical (unpaired) electrons. The molecule has 0 amide bonds. The highest BCUT2D eigenvalue weighted by atomic mass is 32.2. The standard InChI is InChI=1S/C12H14N4O3S2/c1-8-14-7-11(20-8)21(18,19)15-6-9-3-2-4-10(5-9)12(13)16-17/h2-5,7,15,17H,6H2,1H3,(H2,13,16). The first-order chi connectivity index (χ1) is 9.92.